The summed E-state index contributed by atoms with van der Waals surface area (Å²) in [6.07, 6.45) is 3.18. The van der Waals surface area contributed by atoms with E-state index in [9.17, 15) is 4.79 Å². The second-order valence-electron chi connectivity index (χ2n) is 5.61. The topological polar surface area (TPSA) is 51.2 Å². The molecule has 1 fully saturated rings. The maximum absolute atomic E-state index is 12.2. The summed E-state index contributed by atoms with van der Waals surface area (Å²) in [5.41, 5.74) is 1.99. The number of hydrogen-bond acceptors (Lipinski definition) is 3. The molecule has 0 bridgehead atoms. The zero-order valence-corrected chi connectivity index (χ0v) is 13.5. The van der Waals surface area contributed by atoms with E-state index in [1.807, 2.05) is 42.5 Å². The summed E-state index contributed by atoms with van der Waals surface area (Å²) >= 11 is 5.97. The average Bonchev–Trinajstić information content (AvgIpc) is 3.12. The Kier molecular flexibility index (Phi) is 5.26. The lowest BCUT2D eigenvalue weighted by molar-refractivity contribution is -0.130. The van der Waals surface area contributed by atoms with Crippen LogP contribution in [0.1, 0.15) is 30.0 Å². The Bertz CT molecular complexity index is 640. The van der Waals surface area contributed by atoms with E-state index in [1.54, 1.807) is 6.20 Å². The second kappa shape index (κ2) is 7.57. The predicted molar refractivity (Wildman–Crippen MR) is 89.5 cm³/mol. The van der Waals surface area contributed by atoms with Gasteiger partial charge in [0.25, 0.3) is 0 Å². The molecule has 1 aliphatic heterocycles. The van der Waals surface area contributed by atoms with Crippen LogP contribution >= 0.6 is 11.6 Å². The number of hydrogen-bond donors (Lipinski definition) is 1. The number of halogens is 1. The first kappa shape index (κ1) is 16.0. The number of rotatable bonds is 5. The highest BCUT2D eigenvalue weighted by molar-refractivity contribution is 6.30. The molecule has 0 spiro atoms. The number of carbonyl (C=O) groups is 1. The highest BCUT2D eigenvalue weighted by atomic mass is 35.5. The maximum Gasteiger partial charge on any atom is 0.249 e. The molecule has 2 aromatic rings. The van der Waals surface area contributed by atoms with Crippen molar-refractivity contribution in [3.63, 3.8) is 0 Å². The summed E-state index contributed by atoms with van der Waals surface area (Å²) in [6.45, 7) is 1.15. The lowest BCUT2D eigenvalue weighted by Gasteiger charge is -2.19. The molecule has 2 atom stereocenters. The average molecular weight is 331 g/mol. The van der Waals surface area contributed by atoms with Gasteiger partial charge in [-0.1, -0.05) is 29.8 Å². The minimum atomic E-state index is -0.315. The van der Waals surface area contributed by atoms with Crippen molar-refractivity contribution in [2.75, 3.05) is 13.2 Å². The number of amides is 1. The van der Waals surface area contributed by atoms with Crippen LogP contribution in [0.3, 0.4) is 0 Å². The maximum atomic E-state index is 12.2. The Hall–Kier alpha value is -1.91. The monoisotopic (exact) mass is 330 g/mol. The van der Waals surface area contributed by atoms with Gasteiger partial charge in [0.2, 0.25) is 5.91 Å². The Labute approximate surface area is 140 Å². The molecule has 1 N–H and O–H groups in total. The molecule has 1 saturated heterocycles. The van der Waals surface area contributed by atoms with Gasteiger partial charge in [0.15, 0.2) is 0 Å². The fraction of sp³-hybridized carbons (Fsp3) is 0.333. The van der Waals surface area contributed by atoms with Gasteiger partial charge in [0.05, 0.1) is 0 Å². The van der Waals surface area contributed by atoms with Gasteiger partial charge in [-0.3, -0.25) is 9.78 Å². The summed E-state index contributed by atoms with van der Waals surface area (Å²) in [5.74, 6) is -0.0591. The number of nitrogens with one attached hydrogen (secondary N) is 1. The van der Waals surface area contributed by atoms with Crippen LogP contribution in [0.4, 0.5) is 0 Å². The van der Waals surface area contributed by atoms with E-state index < -0.39 is 0 Å². The fourth-order valence-electron chi connectivity index (χ4n) is 2.77. The first-order valence-electron chi connectivity index (χ1n) is 7.80. The van der Waals surface area contributed by atoms with Crippen LogP contribution in [0.15, 0.2) is 48.7 Å². The normalized spacial score (nSPS) is 18.6. The third-order valence-corrected chi connectivity index (χ3v) is 4.27. The molecule has 1 aromatic heterocycles. The van der Waals surface area contributed by atoms with E-state index in [-0.39, 0.29) is 17.9 Å². The first-order valence-corrected chi connectivity index (χ1v) is 8.17. The molecular formula is C18H19ClN2O2. The molecular weight excluding hydrogens is 312 g/mol. The minimum Gasteiger partial charge on any atom is -0.368 e. The van der Waals surface area contributed by atoms with E-state index >= 15 is 0 Å². The quantitative estimate of drug-likeness (QED) is 0.916. The van der Waals surface area contributed by atoms with Crippen LogP contribution in [0.5, 0.6) is 0 Å². The third-order valence-electron chi connectivity index (χ3n) is 4.02. The molecule has 0 saturated carbocycles. The van der Waals surface area contributed by atoms with Gasteiger partial charge < -0.3 is 10.1 Å². The molecule has 120 valence electrons. The summed E-state index contributed by atoms with van der Waals surface area (Å²) in [4.78, 5) is 16.6. The summed E-state index contributed by atoms with van der Waals surface area (Å²) in [6, 6.07) is 13.5. The number of ether oxygens (including phenoxy) is 1. The van der Waals surface area contributed by atoms with Gasteiger partial charge in [-0.2, -0.15) is 0 Å². The summed E-state index contributed by atoms with van der Waals surface area (Å²) < 4.78 is 5.43. The van der Waals surface area contributed by atoms with Crippen LogP contribution in [0.2, 0.25) is 5.02 Å². The smallest absolute Gasteiger partial charge is 0.249 e. The number of benzene rings is 1. The van der Waals surface area contributed by atoms with Gasteiger partial charge in [-0.05, 0) is 42.7 Å². The van der Waals surface area contributed by atoms with E-state index in [4.69, 9.17) is 16.3 Å². The molecule has 1 aromatic carbocycles. The zero-order valence-electron chi connectivity index (χ0n) is 12.7. The van der Waals surface area contributed by atoms with Crippen molar-refractivity contribution in [2.24, 2.45) is 0 Å². The molecule has 2 unspecified atom stereocenters. The van der Waals surface area contributed by atoms with Crippen LogP contribution in [-0.2, 0) is 9.53 Å². The largest absolute Gasteiger partial charge is 0.368 e. The van der Waals surface area contributed by atoms with Crippen LogP contribution in [-0.4, -0.2) is 30.1 Å². The van der Waals surface area contributed by atoms with Crippen molar-refractivity contribution in [1.82, 2.24) is 10.3 Å². The second-order valence-corrected chi connectivity index (χ2v) is 6.04. The van der Waals surface area contributed by atoms with Crippen molar-refractivity contribution < 1.29 is 9.53 Å². The van der Waals surface area contributed by atoms with Gasteiger partial charge in [0, 0.05) is 36.0 Å². The van der Waals surface area contributed by atoms with E-state index in [0.29, 0.717) is 18.2 Å². The molecule has 1 aliphatic rings. The molecule has 2 heterocycles. The lowest BCUT2D eigenvalue weighted by Crippen LogP contribution is -2.37. The molecule has 5 heteroatoms. The Balaban J connectivity index is 1.75. The van der Waals surface area contributed by atoms with E-state index in [2.05, 4.69) is 10.3 Å². The SMILES string of the molecule is O=C(NCC(c1ccc(Cl)cc1)c1ccccn1)C1CCCO1. The number of aromatic nitrogens is 1. The van der Waals surface area contributed by atoms with Crippen LogP contribution in [0, 0.1) is 0 Å². The molecule has 3 rings (SSSR count). The van der Waals surface area contributed by atoms with Crippen molar-refractivity contribution >= 4 is 17.5 Å². The minimum absolute atomic E-state index is 0.0150. The lowest BCUT2D eigenvalue weighted by atomic mass is 9.95. The third kappa shape index (κ3) is 4.09. The Morgan fingerprint density at radius 3 is 2.78 bits per heavy atom. The Morgan fingerprint density at radius 1 is 1.30 bits per heavy atom. The van der Waals surface area contributed by atoms with Crippen LogP contribution in [0.25, 0.3) is 0 Å². The van der Waals surface area contributed by atoms with E-state index in [1.165, 1.54) is 0 Å². The molecule has 23 heavy (non-hydrogen) atoms. The zero-order chi connectivity index (χ0) is 16.1. The number of carbonyl (C=O) groups excluding carboxylic acids is 1. The molecule has 1 amide bonds. The van der Waals surface area contributed by atoms with Crippen molar-refractivity contribution in [2.45, 2.75) is 24.9 Å². The van der Waals surface area contributed by atoms with Gasteiger partial charge in [-0.25, -0.2) is 0 Å². The van der Waals surface area contributed by atoms with Gasteiger partial charge in [-0.15, -0.1) is 0 Å². The molecule has 0 radical (unpaired) electrons. The highest BCUT2D eigenvalue weighted by Gasteiger charge is 2.25. The van der Waals surface area contributed by atoms with Crippen molar-refractivity contribution in [1.29, 1.82) is 0 Å². The molecule has 0 aliphatic carbocycles. The number of pyridine rings is 1. The highest BCUT2D eigenvalue weighted by Crippen LogP contribution is 2.24. The summed E-state index contributed by atoms with van der Waals surface area (Å²) in [5, 5.41) is 3.69. The van der Waals surface area contributed by atoms with Crippen molar-refractivity contribution in [3.8, 4) is 0 Å². The molecule has 4 nitrogen and oxygen atoms in total. The predicted octanol–water partition coefficient (Wildman–Crippen LogP) is 3.16. The summed E-state index contributed by atoms with van der Waals surface area (Å²) in [7, 11) is 0. The van der Waals surface area contributed by atoms with Gasteiger partial charge in [0.1, 0.15) is 6.10 Å². The first-order chi connectivity index (χ1) is 11.2. The Morgan fingerprint density at radius 2 is 2.13 bits per heavy atom. The van der Waals surface area contributed by atoms with Crippen LogP contribution < -0.4 is 5.32 Å². The standard InChI is InChI=1S/C18H19ClN2O2/c19-14-8-6-13(7-9-14)15(16-4-1-2-10-20-16)12-21-18(22)17-5-3-11-23-17/h1-2,4,6-10,15,17H,3,5,11-12H2,(H,21,22). The van der Waals surface area contributed by atoms with Gasteiger partial charge >= 0.3 is 0 Å². The van der Waals surface area contributed by atoms with E-state index in [0.717, 1.165) is 24.1 Å². The fourth-order valence-corrected chi connectivity index (χ4v) is 2.90. The number of nitrogens with zero attached hydrogens (tertiary/aromatic N) is 1. The van der Waals surface area contributed by atoms with Crippen molar-refractivity contribution in [3.05, 3.63) is 64.9 Å².